The van der Waals surface area contributed by atoms with Gasteiger partial charge in [-0.2, -0.15) is 0 Å². The van der Waals surface area contributed by atoms with Gasteiger partial charge in [0.1, 0.15) is 23.0 Å². The Morgan fingerprint density at radius 1 is 0.268 bits per heavy atom. The van der Waals surface area contributed by atoms with Gasteiger partial charge in [-0.3, -0.25) is 0 Å². The van der Waals surface area contributed by atoms with Gasteiger partial charge in [0.25, 0.3) is 0 Å². The molecule has 0 aliphatic heterocycles. The maximum Gasteiger partial charge on any atom is 0.338 e. The number of esters is 2. The second-order valence-corrected chi connectivity index (χ2v) is 20.5. The van der Waals surface area contributed by atoms with Gasteiger partial charge in [0.15, 0.2) is 0 Å². The molecule has 14 rings (SSSR count). The molecule has 0 fully saturated rings. The minimum atomic E-state index is -0.452. The second-order valence-electron chi connectivity index (χ2n) is 20.5. The van der Waals surface area contributed by atoms with Gasteiger partial charge in [-0.05, 0) is 159 Å². The van der Waals surface area contributed by atoms with E-state index in [0.717, 1.165) is 109 Å². The molecule has 0 saturated heterocycles. The Hall–Kier alpha value is -10.8. The van der Waals surface area contributed by atoms with Crippen LogP contribution in [0.4, 0.5) is 0 Å². The van der Waals surface area contributed by atoms with E-state index in [1.807, 2.05) is 84.9 Å². The monoisotopic (exact) mass is 1060 g/mol. The molecule has 0 radical (unpaired) electrons. The number of methoxy groups -OCH3 is 2. The van der Waals surface area contributed by atoms with E-state index in [0.29, 0.717) is 45.3 Å². The van der Waals surface area contributed by atoms with Crippen LogP contribution in [-0.2, 0) is 9.47 Å². The predicted molar refractivity (Wildman–Crippen MR) is 334 cm³/mol. The van der Waals surface area contributed by atoms with Crippen LogP contribution in [0.25, 0.3) is 120 Å². The van der Waals surface area contributed by atoms with E-state index < -0.39 is 11.9 Å². The third-order valence-electron chi connectivity index (χ3n) is 15.8. The van der Waals surface area contributed by atoms with Crippen molar-refractivity contribution in [1.82, 2.24) is 0 Å². The van der Waals surface area contributed by atoms with E-state index in [-0.39, 0.29) is 0 Å². The van der Waals surface area contributed by atoms with E-state index in [4.69, 9.17) is 18.9 Å². The van der Waals surface area contributed by atoms with Crippen LogP contribution in [0.15, 0.2) is 267 Å². The SMILES string of the molecule is COC(=O)c1ccc(Oc2ccc3cc(-c4cccc5ccccc45)ccc3c2-c2c(Oc3ccc(C(=O)OC)c(-c4cccc5ccccc45)c3)ccc3cc(-c4cccc5ccccc45)ccc23)cc1-c1cccc2ccccc12. The van der Waals surface area contributed by atoms with Gasteiger partial charge in [0.05, 0.1) is 25.3 Å². The molecule has 0 unspecified atom stereocenters. The molecule has 0 aliphatic rings. The van der Waals surface area contributed by atoms with Crippen molar-refractivity contribution in [3.05, 3.63) is 278 Å². The van der Waals surface area contributed by atoms with Gasteiger partial charge in [0, 0.05) is 22.3 Å². The lowest BCUT2D eigenvalue weighted by Crippen LogP contribution is -2.04. The Morgan fingerprint density at radius 3 is 0.988 bits per heavy atom. The van der Waals surface area contributed by atoms with Crippen molar-refractivity contribution >= 4 is 76.6 Å². The van der Waals surface area contributed by atoms with E-state index in [1.165, 1.54) is 14.2 Å². The Kier molecular flexibility index (Phi) is 12.5. The minimum absolute atomic E-state index is 0.415. The lowest BCUT2D eigenvalue weighted by atomic mass is 9.89. The Balaban J connectivity index is 1.02. The molecule has 0 aromatic heterocycles. The fourth-order valence-corrected chi connectivity index (χ4v) is 12.0. The highest BCUT2D eigenvalue weighted by Crippen LogP contribution is 2.50. The molecule has 6 heteroatoms. The molecule has 82 heavy (non-hydrogen) atoms. The molecule has 390 valence electrons. The van der Waals surface area contributed by atoms with Crippen molar-refractivity contribution in [2.75, 3.05) is 14.2 Å². The van der Waals surface area contributed by atoms with Crippen molar-refractivity contribution in [2.45, 2.75) is 0 Å². The lowest BCUT2D eigenvalue weighted by Gasteiger charge is -2.21. The number of hydrogen-bond donors (Lipinski definition) is 0. The normalized spacial score (nSPS) is 11.4. The summed E-state index contributed by atoms with van der Waals surface area (Å²) in [6.45, 7) is 0. The van der Waals surface area contributed by atoms with Crippen LogP contribution in [0.1, 0.15) is 20.7 Å². The summed E-state index contributed by atoms with van der Waals surface area (Å²) in [6, 6.07) is 90.9. The maximum atomic E-state index is 13.6. The molecule has 0 atom stereocenters. The zero-order valence-electron chi connectivity index (χ0n) is 44.9. The van der Waals surface area contributed by atoms with Crippen molar-refractivity contribution in [3.63, 3.8) is 0 Å². The average Bonchev–Trinajstić information content (AvgIpc) is 3.65. The largest absolute Gasteiger partial charge is 0.465 e. The predicted octanol–water partition coefficient (Wildman–Crippen LogP) is 20.1. The molecule has 0 aliphatic carbocycles. The fourth-order valence-electron chi connectivity index (χ4n) is 12.0. The van der Waals surface area contributed by atoms with Gasteiger partial charge in [-0.1, -0.05) is 206 Å². The summed E-state index contributed by atoms with van der Waals surface area (Å²) in [6.07, 6.45) is 0. The average molecular weight is 1060 g/mol. The summed E-state index contributed by atoms with van der Waals surface area (Å²) >= 11 is 0. The third kappa shape index (κ3) is 8.80. The summed E-state index contributed by atoms with van der Waals surface area (Å²) < 4.78 is 25.3. The zero-order chi connectivity index (χ0) is 55.3. The van der Waals surface area contributed by atoms with Crippen LogP contribution in [-0.4, -0.2) is 26.2 Å². The molecule has 0 spiro atoms. The van der Waals surface area contributed by atoms with Crippen molar-refractivity contribution in [1.29, 1.82) is 0 Å². The van der Waals surface area contributed by atoms with Crippen LogP contribution in [0, 0.1) is 0 Å². The number of fused-ring (bicyclic) bond motifs is 6. The second kappa shape index (κ2) is 20.8. The third-order valence-corrected chi connectivity index (χ3v) is 15.8. The molecule has 0 heterocycles. The molecule has 0 bridgehead atoms. The minimum Gasteiger partial charge on any atom is -0.465 e. The number of ether oxygens (including phenoxy) is 4. The molecule has 0 saturated carbocycles. The number of benzene rings is 14. The molecule has 0 amide bonds. The number of rotatable bonds is 11. The number of carbonyl (C=O) groups is 2. The van der Waals surface area contributed by atoms with Gasteiger partial charge in [0.2, 0.25) is 0 Å². The molecule has 0 N–H and O–H groups in total. The van der Waals surface area contributed by atoms with Gasteiger partial charge >= 0.3 is 11.9 Å². The van der Waals surface area contributed by atoms with Crippen LogP contribution in [0.2, 0.25) is 0 Å². The molecular formula is C76H50O6. The van der Waals surface area contributed by atoms with E-state index in [1.54, 1.807) is 12.1 Å². The van der Waals surface area contributed by atoms with Crippen molar-refractivity contribution in [3.8, 4) is 78.6 Å². The maximum absolute atomic E-state index is 13.6. The quantitative estimate of drug-likeness (QED) is 0.120. The highest BCUT2D eigenvalue weighted by Gasteiger charge is 2.25. The Morgan fingerprint density at radius 2 is 0.610 bits per heavy atom. The van der Waals surface area contributed by atoms with E-state index in [9.17, 15) is 9.59 Å². The van der Waals surface area contributed by atoms with Crippen molar-refractivity contribution in [2.24, 2.45) is 0 Å². The van der Waals surface area contributed by atoms with Gasteiger partial charge in [-0.15, -0.1) is 0 Å². The van der Waals surface area contributed by atoms with Gasteiger partial charge < -0.3 is 18.9 Å². The topological polar surface area (TPSA) is 71.1 Å². The van der Waals surface area contributed by atoms with E-state index in [2.05, 4.69) is 170 Å². The molecule has 14 aromatic rings. The first-order valence-electron chi connectivity index (χ1n) is 27.3. The standard InChI is InChI=1S/C76H50O6/c1-79-75(77)67-39-35-55(45-69(67)65-29-13-21-49-17-5-9-25-59(49)65)81-71-41-33-53-43-51(61-27-11-19-47-15-3-7-23-57(47)61)31-37-63(53)73(71)74-64-38-32-52(62-28-12-20-48-16-4-8-24-58(48)62)44-54(64)34-42-72(74)82-56-36-40-68(76(78)80-2)70(46-56)66-30-14-22-50-18-6-10-26-60(50)66/h3-46H,1-2H3. The smallest absolute Gasteiger partial charge is 0.338 e. The summed E-state index contributed by atoms with van der Waals surface area (Å²) in [5.41, 5.74) is 9.92. The lowest BCUT2D eigenvalue weighted by molar-refractivity contribution is 0.0592. The summed E-state index contributed by atoms with van der Waals surface area (Å²) in [7, 11) is 2.80. The summed E-state index contributed by atoms with van der Waals surface area (Å²) in [5.74, 6) is 1.25. The Labute approximate surface area is 473 Å². The van der Waals surface area contributed by atoms with E-state index >= 15 is 0 Å². The summed E-state index contributed by atoms with van der Waals surface area (Å²) in [5, 5.41) is 12.5. The first-order chi connectivity index (χ1) is 40.4. The first kappa shape index (κ1) is 49.5. The van der Waals surface area contributed by atoms with Crippen LogP contribution >= 0.6 is 0 Å². The fraction of sp³-hybridized carbons (Fsp3) is 0.0263. The first-order valence-corrected chi connectivity index (χ1v) is 27.3. The number of hydrogen-bond acceptors (Lipinski definition) is 6. The Bertz CT molecular complexity index is 4570. The summed E-state index contributed by atoms with van der Waals surface area (Å²) in [4.78, 5) is 27.2. The highest BCUT2D eigenvalue weighted by molar-refractivity contribution is 6.13. The molecule has 6 nitrogen and oxygen atoms in total. The van der Waals surface area contributed by atoms with Crippen LogP contribution < -0.4 is 9.47 Å². The zero-order valence-corrected chi connectivity index (χ0v) is 44.9. The van der Waals surface area contributed by atoms with Crippen molar-refractivity contribution < 1.29 is 28.5 Å². The highest BCUT2D eigenvalue weighted by atomic mass is 16.5. The van der Waals surface area contributed by atoms with Crippen LogP contribution in [0.3, 0.4) is 0 Å². The molecular weight excluding hydrogens is 1010 g/mol. The number of carbonyl (C=O) groups excluding carboxylic acids is 2. The molecule has 14 aromatic carbocycles. The van der Waals surface area contributed by atoms with Gasteiger partial charge in [-0.25, -0.2) is 9.59 Å². The van der Waals surface area contributed by atoms with Crippen LogP contribution in [0.5, 0.6) is 23.0 Å².